The first-order valence-corrected chi connectivity index (χ1v) is 10.4. The number of urea groups is 1. The number of carbonyl (C=O) groups excluding carboxylic acids is 2. The van der Waals surface area contributed by atoms with Gasteiger partial charge in [-0.2, -0.15) is 0 Å². The van der Waals surface area contributed by atoms with Crippen LogP contribution < -0.4 is 11.1 Å². The second-order valence-electron chi connectivity index (χ2n) is 7.53. The normalized spacial score (nSPS) is 15.1. The summed E-state index contributed by atoms with van der Waals surface area (Å²) in [5.74, 6) is -0.176. The third-order valence-electron chi connectivity index (χ3n) is 5.22. The van der Waals surface area contributed by atoms with Crippen LogP contribution in [-0.2, 0) is 4.79 Å². The van der Waals surface area contributed by atoms with Crippen LogP contribution in [0, 0.1) is 0 Å². The number of nitrogens with two attached hydrogens (primary N) is 1. The van der Waals surface area contributed by atoms with Gasteiger partial charge >= 0.3 is 6.03 Å². The number of rotatable bonds is 15. The van der Waals surface area contributed by atoms with Crippen molar-refractivity contribution in [3.8, 4) is 0 Å². The molecule has 1 heterocycles. The second-order valence-corrected chi connectivity index (χ2v) is 7.53. The predicted octanol–water partition coefficient (Wildman–Crippen LogP) is 4.69. The molecule has 1 rings (SSSR count). The molecule has 1 aliphatic rings. The highest BCUT2D eigenvalue weighted by Crippen LogP contribution is 2.27. The Morgan fingerprint density at radius 1 is 0.840 bits per heavy atom. The van der Waals surface area contributed by atoms with Crippen LogP contribution in [0.5, 0.6) is 0 Å². The first-order chi connectivity index (χ1) is 12.0. The maximum absolute atomic E-state index is 12.1. The van der Waals surface area contributed by atoms with Crippen molar-refractivity contribution in [1.29, 1.82) is 0 Å². The van der Waals surface area contributed by atoms with Gasteiger partial charge in [-0.15, -0.1) is 0 Å². The van der Waals surface area contributed by atoms with E-state index in [9.17, 15) is 9.59 Å². The van der Waals surface area contributed by atoms with Crippen LogP contribution in [0.25, 0.3) is 0 Å². The van der Waals surface area contributed by atoms with Crippen LogP contribution in [-0.4, -0.2) is 29.0 Å². The highest BCUT2D eigenvalue weighted by molar-refractivity contribution is 6.02. The molecule has 0 aromatic carbocycles. The topological polar surface area (TPSA) is 75.4 Å². The third kappa shape index (κ3) is 7.76. The molecule has 0 spiro atoms. The Morgan fingerprint density at radius 3 is 1.68 bits per heavy atom. The SMILES string of the molecule is CCCCCCCCC(N)(CCCCCCCC)N1C(=O)CNC1=O. The van der Waals surface area contributed by atoms with Crippen LogP contribution in [0.15, 0.2) is 0 Å². The quantitative estimate of drug-likeness (QED) is 0.331. The van der Waals surface area contributed by atoms with E-state index in [1.54, 1.807) is 0 Å². The van der Waals surface area contributed by atoms with E-state index in [1.165, 1.54) is 56.3 Å². The zero-order chi connectivity index (χ0) is 18.5. The van der Waals surface area contributed by atoms with Crippen LogP contribution in [0.2, 0.25) is 0 Å². The van der Waals surface area contributed by atoms with E-state index in [4.69, 9.17) is 5.73 Å². The summed E-state index contributed by atoms with van der Waals surface area (Å²) in [6.45, 7) is 4.51. The molecule has 0 saturated carbocycles. The Hall–Kier alpha value is -1.10. The molecule has 0 aliphatic carbocycles. The van der Waals surface area contributed by atoms with Crippen molar-refractivity contribution >= 4 is 11.9 Å². The standard InChI is InChI=1S/C20H39N3O2/c1-3-5-7-9-11-13-15-20(21,16-14-12-10-8-6-4-2)23-18(24)17-22-19(23)25/h3-17,21H2,1-2H3,(H,22,25). The molecule has 0 radical (unpaired) electrons. The molecule has 1 saturated heterocycles. The highest BCUT2D eigenvalue weighted by Gasteiger charge is 2.43. The average molecular weight is 354 g/mol. The van der Waals surface area contributed by atoms with E-state index in [-0.39, 0.29) is 18.5 Å². The molecule has 3 amide bonds. The molecule has 0 unspecified atom stereocenters. The molecule has 25 heavy (non-hydrogen) atoms. The molecule has 146 valence electrons. The Morgan fingerprint density at radius 2 is 1.28 bits per heavy atom. The molecule has 3 N–H and O–H groups in total. The van der Waals surface area contributed by atoms with Crippen molar-refractivity contribution in [2.75, 3.05) is 6.54 Å². The summed E-state index contributed by atoms with van der Waals surface area (Å²) >= 11 is 0. The summed E-state index contributed by atoms with van der Waals surface area (Å²) in [6, 6.07) is -0.315. The lowest BCUT2D eigenvalue weighted by atomic mass is 9.93. The number of hydrogen-bond donors (Lipinski definition) is 2. The lowest BCUT2D eigenvalue weighted by Gasteiger charge is -2.36. The number of hydrogen-bond acceptors (Lipinski definition) is 3. The molecule has 0 aromatic heterocycles. The summed E-state index contributed by atoms with van der Waals surface area (Å²) in [7, 11) is 0. The smallest absolute Gasteiger partial charge is 0.326 e. The Labute approximate surface area is 154 Å². The van der Waals surface area contributed by atoms with Crippen molar-refractivity contribution < 1.29 is 9.59 Å². The molecule has 1 aliphatic heterocycles. The predicted molar refractivity (Wildman–Crippen MR) is 103 cm³/mol. The van der Waals surface area contributed by atoms with Crippen molar-refractivity contribution in [3.05, 3.63) is 0 Å². The van der Waals surface area contributed by atoms with Crippen molar-refractivity contribution in [3.63, 3.8) is 0 Å². The van der Waals surface area contributed by atoms with E-state index < -0.39 is 5.66 Å². The van der Waals surface area contributed by atoms with E-state index >= 15 is 0 Å². The summed E-state index contributed by atoms with van der Waals surface area (Å²) in [5, 5.41) is 2.62. The zero-order valence-electron chi connectivity index (χ0n) is 16.4. The van der Waals surface area contributed by atoms with Crippen molar-refractivity contribution in [2.24, 2.45) is 5.73 Å². The minimum absolute atomic E-state index is 0.0881. The fourth-order valence-electron chi connectivity index (χ4n) is 3.64. The summed E-state index contributed by atoms with van der Waals surface area (Å²) in [5.41, 5.74) is 5.80. The number of nitrogens with one attached hydrogen (secondary N) is 1. The van der Waals surface area contributed by atoms with Gasteiger partial charge in [-0.1, -0.05) is 78.1 Å². The summed E-state index contributed by atoms with van der Waals surface area (Å²) in [4.78, 5) is 25.5. The summed E-state index contributed by atoms with van der Waals surface area (Å²) in [6.07, 6.45) is 15.6. The van der Waals surface area contributed by atoms with E-state index in [2.05, 4.69) is 19.2 Å². The number of carbonyl (C=O) groups is 2. The lowest BCUT2D eigenvalue weighted by molar-refractivity contribution is -0.129. The maximum Gasteiger partial charge on any atom is 0.326 e. The van der Waals surface area contributed by atoms with E-state index in [0.717, 1.165) is 25.7 Å². The van der Waals surface area contributed by atoms with Gasteiger partial charge in [-0.05, 0) is 25.7 Å². The van der Waals surface area contributed by atoms with Gasteiger partial charge in [0, 0.05) is 0 Å². The minimum Gasteiger partial charge on any atom is -0.328 e. The number of unbranched alkanes of at least 4 members (excludes halogenated alkanes) is 10. The molecule has 5 heteroatoms. The number of amides is 3. The summed E-state index contributed by atoms with van der Waals surface area (Å²) < 4.78 is 0. The Balaban J connectivity index is 2.48. The molecule has 5 nitrogen and oxygen atoms in total. The first kappa shape index (κ1) is 21.9. The monoisotopic (exact) mass is 353 g/mol. The lowest BCUT2D eigenvalue weighted by Crippen LogP contribution is -2.58. The van der Waals surface area contributed by atoms with Crippen LogP contribution in [0.1, 0.15) is 104 Å². The minimum atomic E-state index is -0.812. The fraction of sp³-hybridized carbons (Fsp3) is 0.900. The van der Waals surface area contributed by atoms with Gasteiger partial charge in [-0.25, -0.2) is 9.69 Å². The van der Waals surface area contributed by atoms with Crippen molar-refractivity contribution in [1.82, 2.24) is 10.2 Å². The number of nitrogens with zero attached hydrogens (tertiary/aromatic N) is 1. The number of imide groups is 1. The molecule has 0 aromatic rings. The van der Waals surface area contributed by atoms with Gasteiger partial charge in [0.1, 0.15) is 5.66 Å². The van der Waals surface area contributed by atoms with Gasteiger partial charge in [-0.3, -0.25) is 4.79 Å². The third-order valence-corrected chi connectivity index (χ3v) is 5.22. The second kappa shape index (κ2) is 12.3. The van der Waals surface area contributed by atoms with Gasteiger partial charge in [0.2, 0.25) is 0 Å². The zero-order valence-corrected chi connectivity index (χ0v) is 16.4. The Bertz CT molecular complexity index is 366. The highest BCUT2D eigenvalue weighted by atomic mass is 16.2. The molecule has 1 fully saturated rings. The molecule has 0 bridgehead atoms. The van der Waals surface area contributed by atoms with E-state index in [0.29, 0.717) is 12.8 Å². The molecular formula is C20H39N3O2. The van der Waals surface area contributed by atoms with Gasteiger partial charge in [0.05, 0.1) is 6.54 Å². The van der Waals surface area contributed by atoms with E-state index in [1.807, 2.05) is 0 Å². The van der Waals surface area contributed by atoms with Crippen LogP contribution >= 0.6 is 0 Å². The van der Waals surface area contributed by atoms with Crippen LogP contribution in [0.4, 0.5) is 4.79 Å². The first-order valence-electron chi connectivity index (χ1n) is 10.4. The molecular weight excluding hydrogens is 314 g/mol. The fourth-order valence-corrected chi connectivity index (χ4v) is 3.64. The van der Waals surface area contributed by atoms with Crippen molar-refractivity contribution in [2.45, 2.75) is 109 Å². The average Bonchev–Trinajstić information content (AvgIpc) is 2.93. The molecule has 0 atom stereocenters. The largest absolute Gasteiger partial charge is 0.328 e. The van der Waals surface area contributed by atoms with Gasteiger partial charge in [0.25, 0.3) is 5.91 Å². The van der Waals surface area contributed by atoms with Gasteiger partial charge < -0.3 is 11.1 Å². The Kier molecular flexibility index (Phi) is 10.8. The van der Waals surface area contributed by atoms with Gasteiger partial charge in [0.15, 0.2) is 0 Å². The maximum atomic E-state index is 12.1. The van der Waals surface area contributed by atoms with Crippen LogP contribution in [0.3, 0.4) is 0 Å².